The molecule has 0 spiro atoms. The van der Waals surface area contributed by atoms with Gasteiger partial charge in [-0.2, -0.15) is 9.78 Å². The molecule has 0 aliphatic rings. The van der Waals surface area contributed by atoms with E-state index in [1.54, 1.807) is 26.0 Å². The van der Waals surface area contributed by atoms with Gasteiger partial charge in [-0.15, -0.1) is 0 Å². The zero-order valence-electron chi connectivity index (χ0n) is 16.7. The fraction of sp³-hybridized carbons (Fsp3) is 0.250. The fourth-order valence-electron chi connectivity index (χ4n) is 2.51. The van der Waals surface area contributed by atoms with E-state index in [1.165, 1.54) is 6.07 Å². The SMILES string of the molecule is CCOC(=O)c1nn(-c2ccc(C)cc2)c(=O)cc1OCC(=O)Nc1cc(C)on1. The summed E-state index contributed by atoms with van der Waals surface area (Å²) in [5, 5.41) is 10.2. The molecule has 0 aliphatic carbocycles. The average Bonchev–Trinajstić information content (AvgIpc) is 3.12. The van der Waals surface area contributed by atoms with E-state index in [0.717, 1.165) is 16.3 Å². The molecule has 0 unspecified atom stereocenters. The van der Waals surface area contributed by atoms with Gasteiger partial charge in [-0.3, -0.25) is 9.59 Å². The van der Waals surface area contributed by atoms with Gasteiger partial charge in [0.15, 0.2) is 18.2 Å². The van der Waals surface area contributed by atoms with E-state index in [0.29, 0.717) is 11.4 Å². The van der Waals surface area contributed by atoms with E-state index in [2.05, 4.69) is 15.6 Å². The zero-order valence-corrected chi connectivity index (χ0v) is 16.7. The van der Waals surface area contributed by atoms with E-state index in [1.807, 2.05) is 19.1 Å². The van der Waals surface area contributed by atoms with Crippen molar-refractivity contribution in [3.63, 3.8) is 0 Å². The molecule has 0 aliphatic heterocycles. The Morgan fingerprint density at radius 2 is 1.90 bits per heavy atom. The minimum absolute atomic E-state index is 0.107. The summed E-state index contributed by atoms with van der Waals surface area (Å²) in [5.74, 6) is -0.741. The third-order valence-corrected chi connectivity index (χ3v) is 3.90. The summed E-state index contributed by atoms with van der Waals surface area (Å²) in [5.41, 5.74) is 0.726. The Kier molecular flexibility index (Phi) is 6.26. The van der Waals surface area contributed by atoms with E-state index in [4.69, 9.17) is 14.0 Å². The van der Waals surface area contributed by atoms with Crippen LogP contribution in [-0.2, 0) is 9.53 Å². The standard InChI is InChI=1S/C20H20N4O6/c1-4-28-20(27)19-15(29-11-17(25)21-16-9-13(3)30-23-16)10-18(26)24(22-19)14-7-5-12(2)6-8-14/h5-10H,4,11H2,1-3H3,(H,21,23,25). The monoisotopic (exact) mass is 412 g/mol. The number of esters is 1. The lowest BCUT2D eigenvalue weighted by molar-refractivity contribution is -0.118. The first-order chi connectivity index (χ1) is 14.4. The number of ether oxygens (including phenoxy) is 2. The number of benzene rings is 1. The minimum Gasteiger partial charge on any atom is -0.481 e. The number of hydrogen-bond donors (Lipinski definition) is 1. The Labute approximate surface area is 171 Å². The van der Waals surface area contributed by atoms with Gasteiger partial charge in [-0.25, -0.2) is 4.79 Å². The largest absolute Gasteiger partial charge is 0.481 e. The molecular weight excluding hydrogens is 392 g/mol. The van der Waals surface area contributed by atoms with Crippen molar-refractivity contribution in [1.82, 2.24) is 14.9 Å². The molecule has 156 valence electrons. The van der Waals surface area contributed by atoms with Crippen molar-refractivity contribution in [3.8, 4) is 11.4 Å². The van der Waals surface area contributed by atoms with Crippen LogP contribution in [0.5, 0.6) is 5.75 Å². The molecule has 0 fully saturated rings. The number of aromatic nitrogens is 3. The van der Waals surface area contributed by atoms with Crippen LogP contribution in [-0.4, -0.2) is 40.0 Å². The number of nitrogens with zero attached hydrogens (tertiary/aromatic N) is 3. The molecule has 1 aromatic carbocycles. The van der Waals surface area contributed by atoms with Gasteiger partial charge in [0.2, 0.25) is 5.69 Å². The lowest BCUT2D eigenvalue weighted by Crippen LogP contribution is -2.27. The van der Waals surface area contributed by atoms with Crippen LogP contribution in [0.4, 0.5) is 5.82 Å². The van der Waals surface area contributed by atoms with Crippen LogP contribution < -0.4 is 15.6 Å². The summed E-state index contributed by atoms with van der Waals surface area (Å²) >= 11 is 0. The van der Waals surface area contributed by atoms with Crippen molar-refractivity contribution in [2.45, 2.75) is 20.8 Å². The smallest absolute Gasteiger partial charge is 0.362 e. The first-order valence-electron chi connectivity index (χ1n) is 9.12. The number of carbonyl (C=O) groups is 2. The van der Waals surface area contributed by atoms with Gasteiger partial charge in [0.1, 0.15) is 5.76 Å². The summed E-state index contributed by atoms with van der Waals surface area (Å²) in [4.78, 5) is 37.0. The molecule has 1 amide bonds. The lowest BCUT2D eigenvalue weighted by atomic mass is 10.2. The number of nitrogens with one attached hydrogen (secondary N) is 1. The molecule has 3 aromatic rings. The molecule has 30 heavy (non-hydrogen) atoms. The quantitative estimate of drug-likeness (QED) is 0.584. The van der Waals surface area contributed by atoms with Gasteiger partial charge in [0.25, 0.3) is 11.5 Å². The molecule has 0 atom stereocenters. The minimum atomic E-state index is -0.777. The second-order valence-corrected chi connectivity index (χ2v) is 6.32. The maximum absolute atomic E-state index is 12.5. The van der Waals surface area contributed by atoms with E-state index in [9.17, 15) is 14.4 Å². The van der Waals surface area contributed by atoms with Crippen LogP contribution in [0.25, 0.3) is 5.69 Å². The molecule has 10 heteroatoms. The predicted octanol–water partition coefficient (Wildman–Crippen LogP) is 2.03. The third-order valence-electron chi connectivity index (χ3n) is 3.90. The highest BCUT2D eigenvalue weighted by Crippen LogP contribution is 2.17. The van der Waals surface area contributed by atoms with Crippen molar-refractivity contribution in [1.29, 1.82) is 0 Å². The summed E-state index contributed by atoms with van der Waals surface area (Å²) in [6.07, 6.45) is 0. The topological polar surface area (TPSA) is 126 Å². The summed E-state index contributed by atoms with van der Waals surface area (Å²) in [6.45, 7) is 4.86. The fourth-order valence-corrected chi connectivity index (χ4v) is 2.51. The van der Waals surface area contributed by atoms with E-state index >= 15 is 0 Å². The Bertz CT molecular complexity index is 1120. The van der Waals surface area contributed by atoms with Gasteiger partial charge < -0.3 is 19.3 Å². The van der Waals surface area contributed by atoms with Crippen molar-refractivity contribution >= 4 is 17.7 Å². The summed E-state index contributed by atoms with van der Waals surface area (Å²) < 4.78 is 16.3. The van der Waals surface area contributed by atoms with Crippen LogP contribution >= 0.6 is 0 Å². The predicted molar refractivity (Wildman–Crippen MR) is 106 cm³/mol. The molecule has 0 saturated carbocycles. The number of aryl methyl sites for hydroxylation is 2. The van der Waals surface area contributed by atoms with Crippen LogP contribution in [0.2, 0.25) is 0 Å². The van der Waals surface area contributed by atoms with Crippen LogP contribution in [0.1, 0.15) is 28.7 Å². The first-order valence-corrected chi connectivity index (χ1v) is 9.12. The second kappa shape index (κ2) is 9.03. The van der Waals surface area contributed by atoms with Crippen LogP contribution in [0, 0.1) is 13.8 Å². The molecule has 1 N–H and O–H groups in total. The van der Waals surface area contributed by atoms with Gasteiger partial charge >= 0.3 is 5.97 Å². The maximum atomic E-state index is 12.5. The molecule has 0 bridgehead atoms. The molecule has 10 nitrogen and oxygen atoms in total. The van der Waals surface area contributed by atoms with Crippen molar-refractivity contribution in [3.05, 3.63) is 63.8 Å². The average molecular weight is 412 g/mol. The van der Waals surface area contributed by atoms with Gasteiger partial charge in [0, 0.05) is 6.07 Å². The number of rotatable bonds is 7. The number of anilines is 1. The molecular formula is C20H20N4O6. The first kappa shape index (κ1) is 20.8. The Morgan fingerprint density at radius 1 is 1.17 bits per heavy atom. The number of carbonyl (C=O) groups excluding carboxylic acids is 2. The maximum Gasteiger partial charge on any atom is 0.362 e. The third kappa shape index (κ3) is 4.90. The normalized spacial score (nSPS) is 10.5. The Morgan fingerprint density at radius 3 is 2.53 bits per heavy atom. The number of amides is 1. The highest BCUT2D eigenvalue weighted by atomic mass is 16.5. The number of hydrogen-bond acceptors (Lipinski definition) is 8. The van der Waals surface area contributed by atoms with Crippen LogP contribution in [0.15, 0.2) is 45.7 Å². The molecule has 0 radical (unpaired) electrons. The molecule has 0 saturated heterocycles. The van der Waals surface area contributed by atoms with E-state index < -0.39 is 24.0 Å². The zero-order chi connectivity index (χ0) is 21.7. The van der Waals surface area contributed by atoms with Crippen molar-refractivity contribution in [2.24, 2.45) is 0 Å². The van der Waals surface area contributed by atoms with Gasteiger partial charge in [-0.1, -0.05) is 22.9 Å². The van der Waals surface area contributed by atoms with Gasteiger partial charge in [-0.05, 0) is 32.9 Å². The highest BCUT2D eigenvalue weighted by molar-refractivity contribution is 5.92. The Hall–Kier alpha value is -3.95. The van der Waals surface area contributed by atoms with Gasteiger partial charge in [0.05, 0.1) is 18.4 Å². The highest BCUT2D eigenvalue weighted by Gasteiger charge is 2.21. The second-order valence-electron chi connectivity index (χ2n) is 6.32. The van der Waals surface area contributed by atoms with E-state index in [-0.39, 0.29) is 23.9 Å². The summed E-state index contributed by atoms with van der Waals surface area (Å²) in [6, 6.07) is 9.65. The molecule has 2 heterocycles. The molecule has 3 rings (SSSR count). The van der Waals surface area contributed by atoms with Crippen LogP contribution in [0.3, 0.4) is 0 Å². The summed E-state index contributed by atoms with van der Waals surface area (Å²) in [7, 11) is 0. The Balaban J connectivity index is 1.86. The van der Waals surface area contributed by atoms with Crippen molar-refractivity contribution < 1.29 is 23.6 Å². The lowest BCUT2D eigenvalue weighted by Gasteiger charge is -2.12. The molecule has 2 aromatic heterocycles. The van der Waals surface area contributed by atoms with Crippen molar-refractivity contribution in [2.75, 3.05) is 18.5 Å².